The maximum absolute atomic E-state index is 12.9. The average molecular weight is 322 g/mol. The number of hydrogen-bond donors (Lipinski definition) is 0. The van der Waals surface area contributed by atoms with Gasteiger partial charge in [-0.05, 0) is 43.9 Å². The van der Waals surface area contributed by atoms with Crippen LogP contribution >= 0.6 is 0 Å². The molecule has 1 atom stereocenters. The topological polar surface area (TPSA) is 57.7 Å². The average Bonchev–Trinajstić information content (AvgIpc) is 2.90. The monoisotopic (exact) mass is 322 g/mol. The van der Waals surface area contributed by atoms with Gasteiger partial charge in [0, 0.05) is 31.7 Å². The van der Waals surface area contributed by atoms with Crippen LogP contribution < -0.4 is 4.90 Å². The van der Waals surface area contributed by atoms with Crippen molar-refractivity contribution in [3.8, 4) is 0 Å². The van der Waals surface area contributed by atoms with E-state index >= 15 is 0 Å². The van der Waals surface area contributed by atoms with Crippen molar-refractivity contribution in [2.24, 2.45) is 0 Å². The molecule has 0 saturated carbocycles. The Morgan fingerprint density at radius 1 is 1.23 bits per heavy atom. The normalized spacial score (nSPS) is 22.6. The number of rotatable bonds is 2. The van der Waals surface area contributed by atoms with Crippen LogP contribution in [0.1, 0.15) is 38.7 Å². The number of anilines is 1. The van der Waals surface area contributed by atoms with Crippen LogP contribution in [0.2, 0.25) is 0 Å². The van der Waals surface area contributed by atoms with Crippen molar-refractivity contribution in [3.05, 3.63) is 23.8 Å². The number of carbonyl (C=O) groups excluding carboxylic acids is 1. The molecule has 5 nitrogen and oxygen atoms in total. The predicted molar refractivity (Wildman–Crippen MR) is 85.4 cm³/mol. The number of piperidine rings is 1. The lowest BCUT2D eigenvalue weighted by atomic mass is 10.1. The van der Waals surface area contributed by atoms with Crippen LogP contribution in [0.15, 0.2) is 23.1 Å². The lowest BCUT2D eigenvalue weighted by Crippen LogP contribution is -2.41. The molecule has 1 aromatic carbocycles. The first-order chi connectivity index (χ1) is 10.4. The first kappa shape index (κ1) is 15.5. The molecule has 0 radical (unpaired) electrons. The number of hydrogen-bond acceptors (Lipinski definition) is 3. The molecule has 0 aromatic heterocycles. The molecular formula is C16H22N2O3S. The van der Waals surface area contributed by atoms with Crippen molar-refractivity contribution in [2.45, 2.75) is 50.5 Å². The Kier molecular flexibility index (Phi) is 3.99. The highest BCUT2D eigenvalue weighted by atomic mass is 32.2. The SMILES string of the molecule is CC(=O)N1CCc2ccc(S(=O)(=O)N3CCCC[C@H]3C)cc21. The van der Waals surface area contributed by atoms with Crippen molar-refractivity contribution in [2.75, 3.05) is 18.0 Å². The van der Waals surface area contributed by atoms with Gasteiger partial charge >= 0.3 is 0 Å². The van der Waals surface area contributed by atoms with Gasteiger partial charge in [0.25, 0.3) is 0 Å². The third-order valence-corrected chi connectivity index (χ3v) is 6.69. The third-order valence-electron chi connectivity index (χ3n) is 4.68. The molecule has 2 aliphatic heterocycles. The summed E-state index contributed by atoms with van der Waals surface area (Å²) >= 11 is 0. The molecule has 120 valence electrons. The Hall–Kier alpha value is -1.40. The quantitative estimate of drug-likeness (QED) is 0.838. The van der Waals surface area contributed by atoms with E-state index in [1.165, 1.54) is 6.92 Å². The minimum Gasteiger partial charge on any atom is -0.312 e. The highest BCUT2D eigenvalue weighted by Crippen LogP contribution is 2.33. The summed E-state index contributed by atoms with van der Waals surface area (Å²) in [4.78, 5) is 13.6. The second kappa shape index (κ2) is 5.66. The van der Waals surface area contributed by atoms with Crippen molar-refractivity contribution in [3.63, 3.8) is 0 Å². The first-order valence-electron chi connectivity index (χ1n) is 7.84. The largest absolute Gasteiger partial charge is 0.312 e. The summed E-state index contributed by atoms with van der Waals surface area (Å²) in [6.07, 6.45) is 3.68. The van der Waals surface area contributed by atoms with E-state index in [0.29, 0.717) is 18.0 Å². The standard InChI is InChI=1S/C16H22N2O3S/c1-12-5-3-4-9-18(12)22(20,21)15-7-6-14-8-10-17(13(2)19)16(14)11-15/h6-7,11-12H,3-5,8-10H2,1-2H3/t12-/m1/s1. The number of fused-ring (bicyclic) bond motifs is 1. The molecule has 2 heterocycles. The van der Waals surface area contributed by atoms with Gasteiger partial charge < -0.3 is 4.90 Å². The molecule has 1 amide bonds. The Bertz CT molecular complexity index is 699. The molecule has 0 N–H and O–H groups in total. The fourth-order valence-electron chi connectivity index (χ4n) is 3.41. The van der Waals surface area contributed by atoms with Gasteiger partial charge in [0.1, 0.15) is 0 Å². The molecule has 1 fully saturated rings. The summed E-state index contributed by atoms with van der Waals surface area (Å²) in [7, 11) is -3.49. The third kappa shape index (κ3) is 2.54. The fourth-order valence-corrected chi connectivity index (χ4v) is 5.13. The Labute approximate surface area is 132 Å². The Morgan fingerprint density at radius 2 is 2.00 bits per heavy atom. The molecule has 0 bridgehead atoms. The smallest absolute Gasteiger partial charge is 0.243 e. The van der Waals surface area contributed by atoms with Crippen LogP contribution in [-0.4, -0.2) is 37.8 Å². The number of nitrogens with zero attached hydrogens (tertiary/aromatic N) is 2. The highest BCUT2D eigenvalue weighted by molar-refractivity contribution is 7.89. The summed E-state index contributed by atoms with van der Waals surface area (Å²) in [6, 6.07) is 5.23. The number of sulfonamides is 1. The van der Waals surface area contributed by atoms with Crippen molar-refractivity contribution >= 4 is 21.6 Å². The van der Waals surface area contributed by atoms with E-state index < -0.39 is 10.0 Å². The van der Waals surface area contributed by atoms with Crippen LogP contribution in [0, 0.1) is 0 Å². The summed E-state index contributed by atoms with van der Waals surface area (Å²) in [5.74, 6) is -0.0420. The van der Waals surface area contributed by atoms with Crippen LogP contribution in [-0.2, 0) is 21.2 Å². The van der Waals surface area contributed by atoms with E-state index in [4.69, 9.17) is 0 Å². The predicted octanol–water partition coefficient (Wildman–Crippen LogP) is 2.16. The molecule has 6 heteroatoms. The van der Waals surface area contributed by atoms with E-state index in [9.17, 15) is 13.2 Å². The van der Waals surface area contributed by atoms with Gasteiger partial charge in [-0.1, -0.05) is 12.5 Å². The van der Waals surface area contributed by atoms with Gasteiger partial charge in [-0.15, -0.1) is 0 Å². The van der Waals surface area contributed by atoms with Gasteiger partial charge in [-0.2, -0.15) is 4.31 Å². The first-order valence-corrected chi connectivity index (χ1v) is 9.28. The Morgan fingerprint density at radius 3 is 2.68 bits per heavy atom. The molecular weight excluding hydrogens is 300 g/mol. The van der Waals surface area contributed by atoms with Crippen LogP contribution in [0.3, 0.4) is 0 Å². The summed E-state index contributed by atoms with van der Waals surface area (Å²) in [5.41, 5.74) is 1.79. The molecule has 1 saturated heterocycles. The van der Waals surface area contributed by atoms with Crippen LogP contribution in [0.25, 0.3) is 0 Å². The van der Waals surface area contributed by atoms with Crippen molar-refractivity contribution in [1.29, 1.82) is 0 Å². The van der Waals surface area contributed by atoms with Crippen LogP contribution in [0.4, 0.5) is 5.69 Å². The molecule has 1 aromatic rings. The summed E-state index contributed by atoms with van der Waals surface area (Å²) in [6.45, 7) is 4.69. The van der Waals surface area contributed by atoms with Crippen LogP contribution in [0.5, 0.6) is 0 Å². The second-order valence-corrected chi connectivity index (χ2v) is 8.06. The molecule has 0 spiro atoms. The molecule has 0 unspecified atom stereocenters. The Balaban J connectivity index is 1.98. The second-order valence-electron chi connectivity index (χ2n) is 6.17. The van der Waals surface area contributed by atoms with E-state index in [2.05, 4.69) is 0 Å². The molecule has 22 heavy (non-hydrogen) atoms. The van der Waals surface area contributed by atoms with Gasteiger partial charge in [0.2, 0.25) is 15.9 Å². The fraction of sp³-hybridized carbons (Fsp3) is 0.562. The minimum atomic E-state index is -3.49. The molecule has 2 aliphatic rings. The van der Waals surface area contributed by atoms with Gasteiger partial charge in [0.15, 0.2) is 0 Å². The number of carbonyl (C=O) groups is 1. The lowest BCUT2D eigenvalue weighted by molar-refractivity contribution is -0.116. The lowest BCUT2D eigenvalue weighted by Gasteiger charge is -2.32. The van der Waals surface area contributed by atoms with E-state index in [0.717, 1.165) is 36.9 Å². The van der Waals surface area contributed by atoms with Gasteiger partial charge in [-0.3, -0.25) is 4.79 Å². The maximum Gasteiger partial charge on any atom is 0.243 e. The molecule has 0 aliphatic carbocycles. The van der Waals surface area contributed by atoms with E-state index in [1.807, 2.05) is 13.0 Å². The summed E-state index contributed by atoms with van der Waals surface area (Å²) < 4.78 is 27.4. The maximum atomic E-state index is 12.9. The summed E-state index contributed by atoms with van der Waals surface area (Å²) in [5, 5.41) is 0. The number of amides is 1. The van der Waals surface area contributed by atoms with Gasteiger partial charge in [0.05, 0.1) is 4.90 Å². The van der Waals surface area contributed by atoms with E-state index in [-0.39, 0.29) is 11.9 Å². The number of benzene rings is 1. The highest BCUT2D eigenvalue weighted by Gasteiger charge is 2.32. The van der Waals surface area contributed by atoms with Gasteiger partial charge in [-0.25, -0.2) is 8.42 Å². The van der Waals surface area contributed by atoms with Crippen molar-refractivity contribution < 1.29 is 13.2 Å². The van der Waals surface area contributed by atoms with E-state index in [1.54, 1.807) is 21.3 Å². The molecule has 3 rings (SSSR count). The minimum absolute atomic E-state index is 0.0379. The zero-order valence-electron chi connectivity index (χ0n) is 13.1. The van der Waals surface area contributed by atoms with Crippen molar-refractivity contribution in [1.82, 2.24) is 4.31 Å². The zero-order chi connectivity index (χ0) is 15.9. The zero-order valence-corrected chi connectivity index (χ0v) is 13.9.